The van der Waals surface area contributed by atoms with Gasteiger partial charge in [0.2, 0.25) is 0 Å². The van der Waals surface area contributed by atoms with Crippen molar-refractivity contribution in [1.82, 2.24) is 4.90 Å². The standard InChI is InChI=1S/C11H18NO.C5H5.2CH3.Fe/c1-8(12(3)4)10-6-5-7-11(10)9(2)13;1-2-4-5-3-1;;;/h5-9,13H,1-4H3;1-5H;2*1H3;/q4*-1;+2/t8-,9+;;;;/m0..../s1. The molecule has 2 aromatic carbocycles. The van der Waals surface area contributed by atoms with Crippen LogP contribution >= 0.6 is 0 Å². The minimum atomic E-state index is -0.368. The van der Waals surface area contributed by atoms with Gasteiger partial charge in [-0.15, -0.1) is 11.1 Å². The molecule has 0 heterocycles. The zero-order valence-corrected chi connectivity index (χ0v) is 15.1. The van der Waals surface area contributed by atoms with Gasteiger partial charge in [0, 0.05) is 12.1 Å². The molecule has 2 rings (SSSR count). The maximum Gasteiger partial charge on any atom is 2.00 e. The van der Waals surface area contributed by atoms with Crippen LogP contribution in [0, 0.1) is 14.9 Å². The van der Waals surface area contributed by atoms with Crippen LogP contribution in [-0.4, -0.2) is 24.1 Å². The summed E-state index contributed by atoms with van der Waals surface area (Å²) >= 11 is 0. The van der Waals surface area contributed by atoms with Crippen molar-refractivity contribution in [1.29, 1.82) is 0 Å². The third kappa shape index (κ3) is 8.23. The average molecular weight is 331 g/mol. The number of aliphatic hydroxyl groups excluding tert-OH is 1. The first-order chi connectivity index (χ1) is 8.54. The van der Waals surface area contributed by atoms with E-state index in [1.807, 2.05) is 56.6 Å². The smallest absolute Gasteiger partial charge is 0.401 e. The maximum absolute atomic E-state index is 9.51. The van der Waals surface area contributed by atoms with Crippen LogP contribution in [-0.2, 0) is 17.1 Å². The topological polar surface area (TPSA) is 23.5 Å². The Labute approximate surface area is 142 Å². The Kier molecular flexibility index (Phi) is 15.4. The van der Waals surface area contributed by atoms with E-state index in [0.29, 0.717) is 6.04 Å². The third-order valence-corrected chi connectivity index (χ3v) is 3.12. The predicted octanol–water partition coefficient (Wildman–Crippen LogP) is 4.38. The monoisotopic (exact) mass is 331 g/mol. The molecular weight excluding hydrogens is 302 g/mol. The van der Waals surface area contributed by atoms with Crippen molar-refractivity contribution in [2.45, 2.75) is 26.0 Å². The van der Waals surface area contributed by atoms with Crippen molar-refractivity contribution < 1.29 is 22.2 Å². The predicted molar refractivity (Wildman–Crippen MR) is 89.6 cm³/mol. The molecule has 1 N–H and O–H groups in total. The van der Waals surface area contributed by atoms with Crippen molar-refractivity contribution in [3.8, 4) is 0 Å². The van der Waals surface area contributed by atoms with Gasteiger partial charge in [0.25, 0.3) is 0 Å². The molecule has 2 atom stereocenters. The molecule has 0 aliphatic heterocycles. The van der Waals surface area contributed by atoms with Crippen LogP contribution in [0.15, 0.2) is 48.5 Å². The molecule has 0 aromatic heterocycles. The Hall–Kier alpha value is -0.861. The number of hydrogen-bond donors (Lipinski definition) is 1. The van der Waals surface area contributed by atoms with Gasteiger partial charge in [-0.2, -0.15) is 24.3 Å². The van der Waals surface area contributed by atoms with Crippen molar-refractivity contribution in [3.63, 3.8) is 0 Å². The molecule has 3 heteroatoms. The van der Waals surface area contributed by atoms with E-state index in [0.717, 1.165) is 5.56 Å². The van der Waals surface area contributed by atoms with Gasteiger partial charge >= 0.3 is 17.1 Å². The van der Waals surface area contributed by atoms with E-state index in [-0.39, 0.29) is 38.0 Å². The summed E-state index contributed by atoms with van der Waals surface area (Å²) in [6.45, 7) is 3.95. The van der Waals surface area contributed by atoms with E-state index in [1.165, 1.54) is 5.56 Å². The van der Waals surface area contributed by atoms with Crippen LogP contribution in [0.25, 0.3) is 0 Å². The molecular formula is C18H29FeNO-2. The van der Waals surface area contributed by atoms with Crippen LogP contribution in [0.3, 0.4) is 0 Å². The summed E-state index contributed by atoms with van der Waals surface area (Å²) in [5, 5.41) is 9.51. The molecule has 0 spiro atoms. The van der Waals surface area contributed by atoms with Crippen LogP contribution in [0.4, 0.5) is 0 Å². The number of nitrogens with zero attached hydrogens (tertiary/aromatic N) is 1. The number of rotatable bonds is 3. The zero-order chi connectivity index (χ0) is 13.5. The van der Waals surface area contributed by atoms with Crippen LogP contribution in [0.1, 0.15) is 37.1 Å². The van der Waals surface area contributed by atoms with Crippen LogP contribution in [0.2, 0.25) is 0 Å². The molecule has 0 aliphatic carbocycles. The van der Waals surface area contributed by atoms with E-state index in [2.05, 4.69) is 17.9 Å². The fraction of sp³-hybridized carbons (Fsp3) is 0.333. The number of aliphatic hydroxyl groups is 1. The van der Waals surface area contributed by atoms with E-state index >= 15 is 0 Å². The molecule has 21 heavy (non-hydrogen) atoms. The van der Waals surface area contributed by atoms with Crippen LogP contribution in [0.5, 0.6) is 0 Å². The van der Waals surface area contributed by atoms with Gasteiger partial charge in [-0.3, -0.25) is 0 Å². The Bertz CT molecular complexity index is 401. The number of hydrogen-bond acceptors (Lipinski definition) is 2. The van der Waals surface area contributed by atoms with Gasteiger partial charge in [-0.05, 0) is 27.9 Å². The molecule has 0 saturated heterocycles. The van der Waals surface area contributed by atoms with Gasteiger partial charge in [0.05, 0.1) is 0 Å². The fourth-order valence-electron chi connectivity index (χ4n) is 1.81. The fourth-order valence-corrected chi connectivity index (χ4v) is 1.81. The van der Waals surface area contributed by atoms with Crippen molar-refractivity contribution >= 4 is 0 Å². The van der Waals surface area contributed by atoms with Crippen LogP contribution < -0.4 is 0 Å². The van der Waals surface area contributed by atoms with E-state index < -0.39 is 0 Å². The van der Waals surface area contributed by atoms with E-state index in [1.54, 1.807) is 6.92 Å². The SMILES string of the molecule is C[C@@H](O)[c-]1cccc1[C@H](C)N(C)C.[CH3-].[CH3-].[Fe+2].c1cc[cH-]c1. The summed E-state index contributed by atoms with van der Waals surface area (Å²) in [6.07, 6.45) is -0.368. The summed E-state index contributed by atoms with van der Waals surface area (Å²) in [5.74, 6) is 0. The van der Waals surface area contributed by atoms with E-state index in [9.17, 15) is 5.11 Å². The first kappa shape index (κ1) is 25.1. The molecule has 0 amide bonds. The summed E-state index contributed by atoms with van der Waals surface area (Å²) in [4.78, 5) is 2.14. The molecule has 2 aromatic rings. The van der Waals surface area contributed by atoms with Gasteiger partial charge in [0.15, 0.2) is 0 Å². The summed E-state index contributed by atoms with van der Waals surface area (Å²) < 4.78 is 0. The van der Waals surface area contributed by atoms with Gasteiger partial charge in [0.1, 0.15) is 0 Å². The summed E-state index contributed by atoms with van der Waals surface area (Å²) in [7, 11) is 4.09. The van der Waals surface area contributed by atoms with Crippen molar-refractivity contribution in [2.24, 2.45) is 0 Å². The Morgan fingerprint density at radius 1 is 1.10 bits per heavy atom. The maximum atomic E-state index is 9.51. The molecule has 0 bridgehead atoms. The second-order valence-electron chi connectivity index (χ2n) is 4.71. The van der Waals surface area contributed by atoms with Crippen molar-refractivity contribution in [3.05, 3.63) is 74.5 Å². The molecule has 122 valence electrons. The largest absolute Gasteiger partial charge is 2.00 e. The zero-order valence-electron chi connectivity index (χ0n) is 14.0. The molecule has 0 fully saturated rings. The minimum Gasteiger partial charge on any atom is -0.401 e. The molecule has 0 unspecified atom stereocenters. The Balaban J connectivity index is -0.000000349. The Morgan fingerprint density at radius 3 is 1.95 bits per heavy atom. The quantitative estimate of drug-likeness (QED) is 0.666. The summed E-state index contributed by atoms with van der Waals surface area (Å²) in [6, 6.07) is 16.4. The summed E-state index contributed by atoms with van der Waals surface area (Å²) in [5.41, 5.74) is 2.27. The Morgan fingerprint density at radius 2 is 1.62 bits per heavy atom. The van der Waals surface area contributed by atoms with E-state index in [4.69, 9.17) is 0 Å². The molecule has 0 saturated carbocycles. The average Bonchev–Trinajstić information content (AvgIpc) is 3.01. The second kappa shape index (κ2) is 12.8. The normalized spacial score (nSPS) is 11.9. The first-order valence-electron chi connectivity index (χ1n) is 6.30. The molecule has 2 nitrogen and oxygen atoms in total. The molecule has 0 radical (unpaired) electrons. The van der Waals surface area contributed by atoms with Gasteiger partial charge in [-0.1, -0.05) is 0 Å². The second-order valence-corrected chi connectivity index (χ2v) is 4.71. The first-order valence-corrected chi connectivity index (χ1v) is 6.30. The third-order valence-electron chi connectivity index (χ3n) is 3.12. The van der Waals surface area contributed by atoms with Gasteiger partial charge < -0.3 is 24.9 Å². The minimum absolute atomic E-state index is 0. The van der Waals surface area contributed by atoms with Crippen molar-refractivity contribution in [2.75, 3.05) is 14.1 Å². The van der Waals surface area contributed by atoms with Gasteiger partial charge in [-0.25, -0.2) is 24.3 Å². The molecule has 0 aliphatic rings.